The molecule has 0 fully saturated rings. The summed E-state index contributed by atoms with van der Waals surface area (Å²) in [7, 11) is 0. The van der Waals surface area contributed by atoms with E-state index in [-0.39, 0.29) is 30.1 Å². The summed E-state index contributed by atoms with van der Waals surface area (Å²) in [5, 5.41) is 15.0. The number of hydrogen-bond donors (Lipinski definition) is 1. The lowest BCUT2D eigenvalue weighted by molar-refractivity contribution is -0.385. The van der Waals surface area contributed by atoms with Gasteiger partial charge in [0.25, 0.3) is 11.6 Å². The van der Waals surface area contributed by atoms with Gasteiger partial charge in [0, 0.05) is 0 Å². The maximum absolute atomic E-state index is 12.0. The van der Waals surface area contributed by atoms with Gasteiger partial charge >= 0.3 is 0 Å². The number of nitro benzene ring substituents is 1. The molecule has 0 aliphatic carbocycles. The standard InChI is InChI=1S/C20H21N3O6/c1-20(2,3)14-6-4-5-7-16(14)27-11-19(24)22-21-10-13-8-17-18(29-12-28-17)9-15(13)23(25)26/h4-10H,11-12H2,1-3H3,(H,22,24). The van der Waals surface area contributed by atoms with Crippen LogP contribution >= 0.6 is 0 Å². The number of carbonyl (C=O) groups is 1. The molecule has 1 N–H and O–H groups in total. The van der Waals surface area contributed by atoms with Gasteiger partial charge in [0.15, 0.2) is 18.1 Å². The molecule has 1 aliphatic heterocycles. The highest BCUT2D eigenvalue weighted by Gasteiger charge is 2.22. The first-order chi connectivity index (χ1) is 13.8. The Kier molecular flexibility index (Phi) is 5.67. The molecule has 1 aliphatic rings. The molecule has 29 heavy (non-hydrogen) atoms. The minimum absolute atomic E-state index is 0.00278. The van der Waals surface area contributed by atoms with E-state index in [0.717, 1.165) is 5.56 Å². The summed E-state index contributed by atoms with van der Waals surface area (Å²) in [5.74, 6) is 0.799. The first-order valence-electron chi connectivity index (χ1n) is 8.88. The zero-order valence-corrected chi connectivity index (χ0v) is 16.3. The summed E-state index contributed by atoms with van der Waals surface area (Å²) in [6.45, 7) is 5.92. The number of nitrogens with zero attached hydrogens (tertiary/aromatic N) is 2. The molecular weight excluding hydrogens is 378 g/mol. The van der Waals surface area contributed by atoms with Gasteiger partial charge in [-0.2, -0.15) is 5.10 Å². The van der Waals surface area contributed by atoms with Gasteiger partial charge in [-0.1, -0.05) is 39.0 Å². The molecule has 0 radical (unpaired) electrons. The number of ether oxygens (including phenoxy) is 3. The monoisotopic (exact) mass is 399 g/mol. The van der Waals surface area contributed by atoms with Gasteiger partial charge in [0.05, 0.1) is 22.8 Å². The molecule has 3 rings (SSSR count). The van der Waals surface area contributed by atoms with E-state index in [4.69, 9.17) is 14.2 Å². The van der Waals surface area contributed by atoms with E-state index >= 15 is 0 Å². The molecule has 0 atom stereocenters. The number of nitrogens with one attached hydrogen (secondary N) is 1. The van der Waals surface area contributed by atoms with Gasteiger partial charge in [-0.3, -0.25) is 14.9 Å². The molecule has 9 nitrogen and oxygen atoms in total. The van der Waals surface area contributed by atoms with Gasteiger partial charge in [-0.05, 0) is 23.1 Å². The maximum Gasteiger partial charge on any atom is 0.282 e. The lowest BCUT2D eigenvalue weighted by Crippen LogP contribution is -2.25. The molecule has 0 bridgehead atoms. The van der Waals surface area contributed by atoms with Crippen LogP contribution in [0.3, 0.4) is 0 Å². The van der Waals surface area contributed by atoms with Crippen molar-refractivity contribution in [2.24, 2.45) is 5.10 Å². The SMILES string of the molecule is CC(C)(C)c1ccccc1OCC(=O)NN=Cc1cc2c(cc1[N+](=O)[O-])OCO2. The molecular formula is C20H21N3O6. The predicted octanol–water partition coefficient (Wildman–Crippen LogP) is 3.15. The van der Waals surface area contributed by atoms with E-state index in [0.29, 0.717) is 17.2 Å². The van der Waals surface area contributed by atoms with Crippen molar-refractivity contribution in [3.63, 3.8) is 0 Å². The number of rotatable bonds is 6. The van der Waals surface area contributed by atoms with Crippen molar-refractivity contribution in [1.29, 1.82) is 0 Å². The number of fused-ring (bicyclic) bond motifs is 1. The molecule has 0 saturated carbocycles. The van der Waals surface area contributed by atoms with Crippen molar-refractivity contribution in [2.45, 2.75) is 26.2 Å². The molecule has 0 unspecified atom stereocenters. The lowest BCUT2D eigenvalue weighted by atomic mass is 9.86. The second-order valence-corrected chi connectivity index (χ2v) is 7.35. The zero-order chi connectivity index (χ0) is 21.0. The Morgan fingerprint density at radius 1 is 1.28 bits per heavy atom. The average Bonchev–Trinajstić information content (AvgIpc) is 3.12. The minimum Gasteiger partial charge on any atom is -0.483 e. The molecule has 1 heterocycles. The summed E-state index contributed by atoms with van der Waals surface area (Å²) in [6.07, 6.45) is 1.18. The van der Waals surface area contributed by atoms with Crippen LogP contribution in [0.25, 0.3) is 0 Å². The molecule has 2 aromatic carbocycles. The summed E-state index contributed by atoms with van der Waals surface area (Å²) < 4.78 is 16.0. The Bertz CT molecular complexity index is 965. The van der Waals surface area contributed by atoms with Gasteiger partial charge < -0.3 is 14.2 Å². The normalized spacial score (nSPS) is 12.8. The van der Waals surface area contributed by atoms with E-state index in [9.17, 15) is 14.9 Å². The Morgan fingerprint density at radius 3 is 2.66 bits per heavy atom. The first kappa shape index (κ1) is 20.1. The van der Waals surface area contributed by atoms with Crippen LogP contribution in [0.15, 0.2) is 41.5 Å². The number of benzene rings is 2. The topological polar surface area (TPSA) is 112 Å². The van der Waals surface area contributed by atoms with Crippen LogP contribution in [0.2, 0.25) is 0 Å². The van der Waals surface area contributed by atoms with E-state index in [1.54, 1.807) is 6.07 Å². The summed E-state index contributed by atoms with van der Waals surface area (Å²) in [4.78, 5) is 22.7. The highest BCUT2D eigenvalue weighted by Crippen LogP contribution is 2.37. The van der Waals surface area contributed by atoms with Crippen molar-refractivity contribution in [3.8, 4) is 17.2 Å². The Labute approximate surface area is 167 Å². The predicted molar refractivity (Wildman–Crippen MR) is 106 cm³/mol. The van der Waals surface area contributed by atoms with Crippen LogP contribution < -0.4 is 19.6 Å². The second-order valence-electron chi connectivity index (χ2n) is 7.35. The summed E-state index contributed by atoms with van der Waals surface area (Å²) in [5.41, 5.74) is 3.12. The first-order valence-corrected chi connectivity index (χ1v) is 8.88. The Hall–Kier alpha value is -3.62. The number of para-hydroxylation sites is 1. The fraction of sp³-hybridized carbons (Fsp3) is 0.300. The lowest BCUT2D eigenvalue weighted by Gasteiger charge is -2.22. The van der Waals surface area contributed by atoms with Crippen molar-refractivity contribution in [3.05, 3.63) is 57.6 Å². The van der Waals surface area contributed by atoms with Gasteiger partial charge in [-0.25, -0.2) is 5.43 Å². The van der Waals surface area contributed by atoms with Crippen LogP contribution in [0, 0.1) is 10.1 Å². The summed E-state index contributed by atoms with van der Waals surface area (Å²) >= 11 is 0. The third-order valence-electron chi connectivity index (χ3n) is 4.17. The van der Waals surface area contributed by atoms with E-state index in [2.05, 4.69) is 31.3 Å². The molecule has 9 heteroatoms. The van der Waals surface area contributed by atoms with Crippen LogP contribution in [0.5, 0.6) is 17.2 Å². The third-order valence-corrected chi connectivity index (χ3v) is 4.17. The smallest absolute Gasteiger partial charge is 0.282 e. The Balaban J connectivity index is 1.64. The number of hydrazone groups is 1. The van der Waals surface area contributed by atoms with Crippen molar-refractivity contribution in [2.75, 3.05) is 13.4 Å². The van der Waals surface area contributed by atoms with Gasteiger partial charge in [0.2, 0.25) is 6.79 Å². The quantitative estimate of drug-likeness (QED) is 0.454. The Morgan fingerprint density at radius 2 is 1.97 bits per heavy atom. The fourth-order valence-electron chi connectivity index (χ4n) is 2.77. The van der Waals surface area contributed by atoms with Crippen molar-refractivity contribution >= 4 is 17.8 Å². The van der Waals surface area contributed by atoms with Gasteiger partial charge in [0.1, 0.15) is 5.75 Å². The van der Waals surface area contributed by atoms with Crippen LogP contribution in [-0.2, 0) is 10.2 Å². The van der Waals surface area contributed by atoms with Crippen LogP contribution in [-0.4, -0.2) is 30.4 Å². The second kappa shape index (κ2) is 8.17. The molecule has 1 amide bonds. The van der Waals surface area contributed by atoms with Crippen molar-refractivity contribution in [1.82, 2.24) is 5.43 Å². The van der Waals surface area contributed by atoms with Gasteiger partial charge in [-0.15, -0.1) is 0 Å². The molecule has 2 aromatic rings. The zero-order valence-electron chi connectivity index (χ0n) is 16.3. The third kappa shape index (κ3) is 4.81. The van der Waals surface area contributed by atoms with Crippen LogP contribution in [0.1, 0.15) is 31.9 Å². The van der Waals surface area contributed by atoms with E-state index < -0.39 is 10.8 Å². The number of hydrogen-bond acceptors (Lipinski definition) is 7. The number of carbonyl (C=O) groups excluding carboxylic acids is 1. The number of nitro groups is 1. The molecule has 0 saturated heterocycles. The highest BCUT2D eigenvalue weighted by atomic mass is 16.7. The maximum atomic E-state index is 12.0. The van der Waals surface area contributed by atoms with E-state index in [1.807, 2.05) is 18.2 Å². The number of amides is 1. The highest BCUT2D eigenvalue weighted by molar-refractivity contribution is 5.88. The molecule has 152 valence electrons. The largest absolute Gasteiger partial charge is 0.483 e. The minimum atomic E-state index is -0.558. The average molecular weight is 399 g/mol. The molecule has 0 aromatic heterocycles. The molecule has 0 spiro atoms. The van der Waals surface area contributed by atoms with Crippen molar-refractivity contribution < 1.29 is 23.9 Å². The van der Waals surface area contributed by atoms with E-state index in [1.165, 1.54) is 18.3 Å². The summed E-state index contributed by atoms with van der Waals surface area (Å²) in [6, 6.07) is 10.2. The van der Waals surface area contributed by atoms with Crippen LogP contribution in [0.4, 0.5) is 5.69 Å². The fourth-order valence-corrected chi connectivity index (χ4v) is 2.77.